The van der Waals surface area contributed by atoms with Crippen molar-refractivity contribution in [3.8, 4) is 0 Å². The summed E-state index contributed by atoms with van der Waals surface area (Å²) in [6, 6.07) is -0.614. The first-order valence-electron chi connectivity index (χ1n) is 10.3. The molecule has 0 fully saturated rings. The van der Waals surface area contributed by atoms with Gasteiger partial charge in [0.25, 0.3) is 0 Å². The summed E-state index contributed by atoms with van der Waals surface area (Å²) in [4.78, 5) is 39.0. The zero-order valence-corrected chi connectivity index (χ0v) is 18.3. The molecule has 160 valence electrons. The Morgan fingerprint density at radius 2 is 1.96 bits per heavy atom. The Hall–Kier alpha value is -1.50. The van der Waals surface area contributed by atoms with Crippen LogP contribution in [0.3, 0.4) is 0 Å². The summed E-state index contributed by atoms with van der Waals surface area (Å²) in [5.41, 5.74) is 0. The van der Waals surface area contributed by atoms with Gasteiger partial charge in [0.05, 0.1) is 6.42 Å². The third kappa shape index (κ3) is 9.13. The molecule has 1 aliphatic heterocycles. The molecule has 2 atom stereocenters. The summed E-state index contributed by atoms with van der Waals surface area (Å²) < 4.78 is 0. The number of nitrogens with one attached hydrogen (secondary N) is 1. The minimum absolute atomic E-state index is 0.0560. The number of hydrogen-bond acceptors (Lipinski definition) is 4. The molecule has 0 spiro atoms. The average Bonchev–Trinajstić information content (AvgIpc) is 2.63. The van der Waals surface area contributed by atoms with Crippen molar-refractivity contribution in [2.24, 2.45) is 11.8 Å². The van der Waals surface area contributed by atoms with Crippen LogP contribution in [0.15, 0.2) is 12.2 Å². The maximum atomic E-state index is 13.2. The monoisotopic (exact) mass is 412 g/mol. The standard InChI is InChI=1S/C21H36N2O4S/c1-16(2)19-21(27)23(13-10-14-28-3)12-9-7-5-4-6-8-11-17(15-18(24)25)20(26)22-19/h4-5,16-17,19H,6-15H2,1-3H3,(H,22,26)(H,24,25)/t17-,19+/m1/s1. The lowest BCUT2D eigenvalue weighted by Crippen LogP contribution is -2.53. The second-order valence-electron chi connectivity index (χ2n) is 7.74. The molecule has 0 saturated heterocycles. The van der Waals surface area contributed by atoms with Crippen molar-refractivity contribution in [2.45, 2.75) is 64.8 Å². The van der Waals surface area contributed by atoms with Gasteiger partial charge in [-0.25, -0.2) is 0 Å². The van der Waals surface area contributed by atoms with Gasteiger partial charge in [0.15, 0.2) is 0 Å². The number of aliphatic carboxylic acids is 1. The van der Waals surface area contributed by atoms with Gasteiger partial charge >= 0.3 is 5.97 Å². The molecular formula is C21H36N2O4S. The normalized spacial score (nSPS) is 22.8. The van der Waals surface area contributed by atoms with E-state index >= 15 is 0 Å². The number of allylic oxidation sites excluding steroid dienone is 2. The van der Waals surface area contributed by atoms with Crippen LogP contribution in [0.5, 0.6) is 0 Å². The molecule has 0 aromatic carbocycles. The Morgan fingerprint density at radius 3 is 2.57 bits per heavy atom. The molecular weight excluding hydrogens is 376 g/mol. The molecule has 0 saturated carbocycles. The maximum Gasteiger partial charge on any atom is 0.304 e. The van der Waals surface area contributed by atoms with E-state index in [1.165, 1.54) is 0 Å². The lowest BCUT2D eigenvalue weighted by molar-refractivity contribution is -0.142. The van der Waals surface area contributed by atoms with E-state index in [9.17, 15) is 19.5 Å². The van der Waals surface area contributed by atoms with Crippen molar-refractivity contribution in [1.82, 2.24) is 10.2 Å². The summed E-state index contributed by atoms with van der Waals surface area (Å²) in [5.74, 6) is -1.03. The van der Waals surface area contributed by atoms with Gasteiger partial charge in [-0.3, -0.25) is 14.4 Å². The molecule has 1 rings (SSSR count). The summed E-state index contributed by atoms with van der Waals surface area (Å²) in [6.45, 7) is 5.19. The van der Waals surface area contributed by atoms with Gasteiger partial charge < -0.3 is 15.3 Å². The molecule has 1 aliphatic rings. The van der Waals surface area contributed by atoms with Crippen molar-refractivity contribution >= 4 is 29.5 Å². The van der Waals surface area contributed by atoms with Gasteiger partial charge in [0.1, 0.15) is 6.04 Å². The molecule has 0 bridgehead atoms. The van der Waals surface area contributed by atoms with E-state index < -0.39 is 17.9 Å². The number of rotatable bonds is 7. The molecule has 28 heavy (non-hydrogen) atoms. The SMILES string of the molecule is CSCCCN1CCCC=CCCC[C@H](CC(=O)O)C(=O)N[C@@H](C(C)C)C1=O. The van der Waals surface area contributed by atoms with Crippen LogP contribution in [-0.2, 0) is 14.4 Å². The molecule has 2 N–H and O–H groups in total. The predicted molar refractivity (Wildman–Crippen MR) is 114 cm³/mol. The number of thioether (sulfide) groups is 1. The summed E-state index contributed by atoms with van der Waals surface area (Å²) in [6.07, 6.45) is 10.9. The van der Waals surface area contributed by atoms with Crippen LogP contribution in [0.4, 0.5) is 0 Å². The second kappa shape index (κ2) is 13.6. The molecule has 7 heteroatoms. The lowest BCUT2D eigenvalue weighted by Gasteiger charge is -2.31. The van der Waals surface area contributed by atoms with E-state index in [0.717, 1.165) is 37.9 Å². The topological polar surface area (TPSA) is 86.7 Å². The highest BCUT2D eigenvalue weighted by Gasteiger charge is 2.31. The Labute approximate surface area is 173 Å². The summed E-state index contributed by atoms with van der Waals surface area (Å²) >= 11 is 1.76. The number of nitrogens with zero attached hydrogens (tertiary/aromatic N) is 1. The average molecular weight is 413 g/mol. The summed E-state index contributed by atoms with van der Waals surface area (Å²) in [5, 5.41) is 12.1. The third-order valence-corrected chi connectivity index (χ3v) is 5.70. The Balaban J connectivity index is 3.01. The van der Waals surface area contributed by atoms with Gasteiger partial charge in [0, 0.05) is 19.0 Å². The fourth-order valence-electron chi connectivity index (χ4n) is 3.37. The van der Waals surface area contributed by atoms with E-state index in [-0.39, 0.29) is 24.2 Å². The van der Waals surface area contributed by atoms with E-state index in [4.69, 9.17) is 0 Å². The number of hydrogen-bond donors (Lipinski definition) is 2. The molecule has 2 amide bonds. The second-order valence-corrected chi connectivity index (χ2v) is 8.73. The lowest BCUT2D eigenvalue weighted by atomic mass is 9.95. The van der Waals surface area contributed by atoms with Crippen LogP contribution < -0.4 is 5.32 Å². The minimum Gasteiger partial charge on any atom is -0.481 e. The van der Waals surface area contributed by atoms with E-state index in [0.29, 0.717) is 19.5 Å². The van der Waals surface area contributed by atoms with Crippen molar-refractivity contribution in [2.75, 3.05) is 25.1 Å². The highest BCUT2D eigenvalue weighted by atomic mass is 32.2. The van der Waals surface area contributed by atoms with Crippen LogP contribution in [-0.4, -0.2) is 58.9 Å². The Bertz CT molecular complexity index is 536. The first-order valence-corrected chi connectivity index (χ1v) is 11.7. The number of carboxylic acids is 1. The highest BCUT2D eigenvalue weighted by Crippen LogP contribution is 2.17. The van der Waals surface area contributed by atoms with Gasteiger partial charge in [-0.2, -0.15) is 11.8 Å². The van der Waals surface area contributed by atoms with Gasteiger partial charge in [-0.1, -0.05) is 26.0 Å². The first kappa shape index (κ1) is 24.5. The first-order chi connectivity index (χ1) is 13.4. The predicted octanol–water partition coefficient (Wildman–Crippen LogP) is 3.32. The summed E-state index contributed by atoms with van der Waals surface area (Å²) in [7, 11) is 0. The van der Waals surface area contributed by atoms with Crippen molar-refractivity contribution in [3.05, 3.63) is 12.2 Å². The molecule has 0 radical (unpaired) electrons. The highest BCUT2D eigenvalue weighted by molar-refractivity contribution is 7.98. The van der Waals surface area contributed by atoms with Gasteiger partial charge in [0.2, 0.25) is 11.8 Å². The third-order valence-electron chi connectivity index (χ3n) is 5.00. The van der Waals surface area contributed by atoms with Gasteiger partial charge in [-0.15, -0.1) is 0 Å². The number of amides is 2. The molecule has 0 aromatic rings. The zero-order valence-electron chi connectivity index (χ0n) is 17.5. The van der Waals surface area contributed by atoms with Crippen LogP contribution >= 0.6 is 11.8 Å². The van der Waals surface area contributed by atoms with Gasteiger partial charge in [-0.05, 0) is 56.5 Å². The van der Waals surface area contributed by atoms with Crippen molar-refractivity contribution in [1.29, 1.82) is 0 Å². The van der Waals surface area contributed by atoms with Crippen molar-refractivity contribution in [3.63, 3.8) is 0 Å². The minimum atomic E-state index is -0.983. The molecule has 6 nitrogen and oxygen atoms in total. The van der Waals surface area contributed by atoms with Crippen molar-refractivity contribution < 1.29 is 19.5 Å². The zero-order chi connectivity index (χ0) is 20.9. The Morgan fingerprint density at radius 1 is 1.29 bits per heavy atom. The molecule has 1 heterocycles. The fraction of sp³-hybridized carbons (Fsp3) is 0.762. The fourth-order valence-corrected chi connectivity index (χ4v) is 3.79. The molecule has 0 aliphatic carbocycles. The molecule has 0 unspecified atom stereocenters. The van der Waals surface area contributed by atoms with E-state index in [1.807, 2.05) is 18.7 Å². The van der Waals surface area contributed by atoms with Crippen LogP contribution in [0, 0.1) is 11.8 Å². The largest absolute Gasteiger partial charge is 0.481 e. The quantitative estimate of drug-likeness (QED) is 0.495. The maximum absolute atomic E-state index is 13.2. The Kier molecular flexibility index (Phi) is 12.0. The number of carbonyl (C=O) groups is 3. The van der Waals surface area contributed by atoms with E-state index in [2.05, 4.69) is 23.7 Å². The number of carboxylic acid groups (broad SMARTS) is 1. The van der Waals surface area contributed by atoms with E-state index in [1.54, 1.807) is 11.8 Å². The van der Waals surface area contributed by atoms with Crippen LogP contribution in [0.1, 0.15) is 58.8 Å². The van der Waals surface area contributed by atoms with Crippen LogP contribution in [0.25, 0.3) is 0 Å². The number of carbonyl (C=O) groups excluding carboxylic acids is 2. The molecule has 0 aromatic heterocycles. The smallest absolute Gasteiger partial charge is 0.304 e. The van der Waals surface area contributed by atoms with Crippen LogP contribution in [0.2, 0.25) is 0 Å².